The van der Waals surface area contributed by atoms with Gasteiger partial charge in [-0.3, -0.25) is 4.79 Å². The Kier molecular flexibility index (Phi) is 2.89. The van der Waals surface area contributed by atoms with Gasteiger partial charge in [0, 0.05) is 18.5 Å². The summed E-state index contributed by atoms with van der Waals surface area (Å²) in [6.45, 7) is 5.26. The number of nitrogens with one attached hydrogen (secondary N) is 1. The minimum Gasteiger partial charge on any atom is -0.340 e. The number of rotatable bonds is 3. The fraction of sp³-hybridized carbons (Fsp3) is 0.929. The molecular formula is C14H24N2O. The summed E-state index contributed by atoms with van der Waals surface area (Å²) in [5.41, 5.74) is 0.402. The lowest BCUT2D eigenvalue weighted by molar-refractivity contribution is -0.137. The van der Waals surface area contributed by atoms with E-state index in [0.717, 1.165) is 26.1 Å². The van der Waals surface area contributed by atoms with Crippen LogP contribution in [0.15, 0.2) is 0 Å². The van der Waals surface area contributed by atoms with Crippen LogP contribution in [0.3, 0.4) is 0 Å². The van der Waals surface area contributed by atoms with E-state index in [-0.39, 0.29) is 0 Å². The molecule has 1 N–H and O–H groups in total. The Labute approximate surface area is 104 Å². The maximum absolute atomic E-state index is 12.5. The molecule has 2 saturated carbocycles. The molecule has 1 amide bonds. The standard InChI is InChI=1S/C14H24N2O/c1-2-16(11-4-3-5-11)13(17)12-10-14(12)6-8-15-9-7-14/h11-12,15H,2-10H2,1H3. The van der Waals surface area contributed by atoms with Crippen molar-refractivity contribution in [3.8, 4) is 0 Å². The van der Waals surface area contributed by atoms with Crippen molar-refractivity contribution in [1.82, 2.24) is 10.2 Å². The Balaban J connectivity index is 1.62. The summed E-state index contributed by atoms with van der Waals surface area (Å²) < 4.78 is 0. The molecular weight excluding hydrogens is 212 g/mol. The molecule has 1 unspecified atom stereocenters. The number of hydrogen-bond acceptors (Lipinski definition) is 2. The van der Waals surface area contributed by atoms with E-state index in [4.69, 9.17) is 0 Å². The summed E-state index contributed by atoms with van der Waals surface area (Å²) >= 11 is 0. The number of carbonyl (C=O) groups is 1. The Morgan fingerprint density at radius 3 is 2.59 bits per heavy atom. The van der Waals surface area contributed by atoms with Gasteiger partial charge in [0.2, 0.25) is 5.91 Å². The van der Waals surface area contributed by atoms with Crippen LogP contribution >= 0.6 is 0 Å². The molecule has 17 heavy (non-hydrogen) atoms. The predicted molar refractivity (Wildman–Crippen MR) is 67.7 cm³/mol. The average molecular weight is 236 g/mol. The minimum absolute atomic E-state index is 0.366. The van der Waals surface area contributed by atoms with Gasteiger partial charge in [-0.1, -0.05) is 0 Å². The maximum Gasteiger partial charge on any atom is 0.226 e. The first kappa shape index (κ1) is 11.5. The van der Waals surface area contributed by atoms with Crippen LogP contribution in [-0.4, -0.2) is 36.5 Å². The summed E-state index contributed by atoms with van der Waals surface area (Å²) in [6.07, 6.45) is 7.38. The monoisotopic (exact) mass is 236 g/mol. The molecule has 1 heterocycles. The zero-order valence-corrected chi connectivity index (χ0v) is 10.9. The van der Waals surface area contributed by atoms with Crippen molar-refractivity contribution in [2.45, 2.75) is 51.5 Å². The van der Waals surface area contributed by atoms with Gasteiger partial charge in [-0.05, 0) is 64.0 Å². The Morgan fingerprint density at radius 1 is 1.35 bits per heavy atom. The van der Waals surface area contributed by atoms with Gasteiger partial charge < -0.3 is 10.2 Å². The van der Waals surface area contributed by atoms with Crippen molar-refractivity contribution in [2.24, 2.45) is 11.3 Å². The highest BCUT2D eigenvalue weighted by Gasteiger charge is 2.58. The van der Waals surface area contributed by atoms with Crippen LogP contribution in [0.5, 0.6) is 0 Å². The van der Waals surface area contributed by atoms with Crippen LogP contribution in [0.2, 0.25) is 0 Å². The zero-order valence-electron chi connectivity index (χ0n) is 10.9. The Morgan fingerprint density at radius 2 is 2.06 bits per heavy atom. The predicted octanol–water partition coefficient (Wildman–Crippen LogP) is 1.78. The molecule has 0 aromatic rings. The van der Waals surface area contributed by atoms with E-state index >= 15 is 0 Å². The van der Waals surface area contributed by atoms with Crippen molar-refractivity contribution in [1.29, 1.82) is 0 Å². The van der Waals surface area contributed by atoms with Crippen LogP contribution in [0.4, 0.5) is 0 Å². The summed E-state index contributed by atoms with van der Waals surface area (Å²) in [4.78, 5) is 14.7. The third-order valence-electron chi connectivity index (χ3n) is 5.23. The van der Waals surface area contributed by atoms with Gasteiger partial charge in [-0.15, -0.1) is 0 Å². The fourth-order valence-electron chi connectivity index (χ4n) is 3.67. The number of piperidine rings is 1. The Bertz CT molecular complexity index is 305. The van der Waals surface area contributed by atoms with E-state index < -0.39 is 0 Å². The van der Waals surface area contributed by atoms with E-state index in [9.17, 15) is 4.79 Å². The quantitative estimate of drug-likeness (QED) is 0.810. The van der Waals surface area contributed by atoms with Crippen molar-refractivity contribution in [3.63, 3.8) is 0 Å². The van der Waals surface area contributed by atoms with Gasteiger partial charge in [-0.25, -0.2) is 0 Å². The molecule has 2 aliphatic carbocycles. The van der Waals surface area contributed by atoms with Gasteiger partial charge in [-0.2, -0.15) is 0 Å². The number of amides is 1. The number of hydrogen-bond donors (Lipinski definition) is 1. The molecule has 0 radical (unpaired) electrons. The topological polar surface area (TPSA) is 32.3 Å². The van der Waals surface area contributed by atoms with Crippen molar-refractivity contribution < 1.29 is 4.79 Å². The summed E-state index contributed by atoms with van der Waals surface area (Å²) in [5.74, 6) is 0.837. The van der Waals surface area contributed by atoms with Crippen molar-refractivity contribution in [2.75, 3.05) is 19.6 Å². The van der Waals surface area contributed by atoms with Gasteiger partial charge in [0.25, 0.3) is 0 Å². The molecule has 0 aromatic carbocycles. The molecule has 1 atom stereocenters. The molecule has 3 rings (SSSR count). The number of nitrogens with zero attached hydrogens (tertiary/aromatic N) is 1. The van der Waals surface area contributed by atoms with Crippen LogP contribution in [-0.2, 0) is 4.79 Å². The average Bonchev–Trinajstić information content (AvgIpc) is 2.97. The van der Waals surface area contributed by atoms with E-state index in [0.29, 0.717) is 23.3 Å². The fourth-order valence-corrected chi connectivity index (χ4v) is 3.67. The highest BCUT2D eigenvalue weighted by Crippen LogP contribution is 2.59. The third-order valence-corrected chi connectivity index (χ3v) is 5.23. The summed E-state index contributed by atoms with van der Waals surface area (Å²) in [5, 5.41) is 3.40. The first-order chi connectivity index (χ1) is 8.27. The van der Waals surface area contributed by atoms with Crippen LogP contribution in [0, 0.1) is 11.3 Å². The highest BCUT2D eigenvalue weighted by atomic mass is 16.2. The molecule has 3 aliphatic rings. The minimum atomic E-state index is 0.366. The van der Waals surface area contributed by atoms with Crippen molar-refractivity contribution in [3.05, 3.63) is 0 Å². The van der Waals surface area contributed by atoms with Crippen LogP contribution in [0.25, 0.3) is 0 Å². The van der Waals surface area contributed by atoms with Crippen molar-refractivity contribution >= 4 is 5.91 Å². The normalized spacial score (nSPS) is 31.0. The van der Waals surface area contributed by atoms with E-state index in [1.54, 1.807) is 0 Å². The van der Waals surface area contributed by atoms with Gasteiger partial charge >= 0.3 is 0 Å². The van der Waals surface area contributed by atoms with E-state index in [2.05, 4.69) is 17.1 Å². The molecule has 0 bridgehead atoms. The second kappa shape index (κ2) is 4.27. The SMILES string of the molecule is CCN(C(=O)C1CC12CCNCC2)C1CCC1. The smallest absolute Gasteiger partial charge is 0.226 e. The molecule has 96 valence electrons. The zero-order chi connectivity index (χ0) is 11.9. The highest BCUT2D eigenvalue weighted by molar-refractivity contribution is 5.83. The first-order valence-electron chi connectivity index (χ1n) is 7.28. The molecule has 3 fully saturated rings. The lowest BCUT2D eigenvalue weighted by Crippen LogP contribution is -2.45. The maximum atomic E-state index is 12.5. The van der Waals surface area contributed by atoms with E-state index in [1.807, 2.05) is 0 Å². The second-order valence-corrected chi connectivity index (χ2v) is 6.08. The van der Waals surface area contributed by atoms with E-state index in [1.165, 1.54) is 32.1 Å². The molecule has 3 heteroatoms. The second-order valence-electron chi connectivity index (χ2n) is 6.08. The van der Waals surface area contributed by atoms with Crippen LogP contribution < -0.4 is 5.32 Å². The van der Waals surface area contributed by atoms with Gasteiger partial charge in [0.1, 0.15) is 0 Å². The van der Waals surface area contributed by atoms with Gasteiger partial charge in [0.15, 0.2) is 0 Å². The van der Waals surface area contributed by atoms with Crippen LogP contribution in [0.1, 0.15) is 45.4 Å². The lowest BCUT2D eigenvalue weighted by atomic mass is 9.89. The number of carbonyl (C=O) groups excluding carboxylic acids is 1. The molecule has 1 aliphatic heterocycles. The molecule has 1 spiro atoms. The molecule has 3 nitrogen and oxygen atoms in total. The third kappa shape index (κ3) is 1.88. The first-order valence-corrected chi connectivity index (χ1v) is 7.28. The molecule has 0 aromatic heterocycles. The summed E-state index contributed by atoms with van der Waals surface area (Å²) in [6, 6.07) is 0.576. The van der Waals surface area contributed by atoms with Gasteiger partial charge in [0.05, 0.1) is 0 Å². The molecule has 1 saturated heterocycles. The lowest BCUT2D eigenvalue weighted by Gasteiger charge is -2.37. The Hall–Kier alpha value is -0.570. The summed E-state index contributed by atoms with van der Waals surface area (Å²) in [7, 11) is 0. The largest absolute Gasteiger partial charge is 0.340 e.